The molecule has 0 spiro atoms. The Morgan fingerprint density at radius 1 is 0.906 bits per heavy atom. The predicted molar refractivity (Wildman–Crippen MR) is 123 cm³/mol. The molecule has 2 heterocycles. The smallest absolute Gasteiger partial charge is 0.365 e. The van der Waals surface area contributed by atoms with Gasteiger partial charge in [-0.3, -0.25) is 0 Å². The molecular formula is C25H22N4O3. The van der Waals surface area contributed by atoms with E-state index in [0.717, 1.165) is 22.0 Å². The topological polar surface area (TPSA) is 74.2 Å². The van der Waals surface area contributed by atoms with Crippen LogP contribution in [0.5, 0.6) is 0 Å². The van der Waals surface area contributed by atoms with Crippen molar-refractivity contribution in [1.29, 1.82) is 0 Å². The third-order valence-electron chi connectivity index (χ3n) is 5.57. The number of urea groups is 1. The molecule has 3 aromatic rings. The number of ether oxygens (including phenoxy) is 1. The number of nitrogens with zero attached hydrogens (tertiary/aromatic N) is 3. The average molecular weight is 426 g/mol. The number of nitrogens with one attached hydrogen (secondary N) is 1. The van der Waals surface area contributed by atoms with Crippen LogP contribution in [-0.4, -0.2) is 53.9 Å². The molecule has 1 saturated heterocycles. The number of aliphatic imine (C=N–C) groups is 1. The van der Waals surface area contributed by atoms with E-state index in [2.05, 4.69) is 10.3 Å². The molecule has 0 saturated carbocycles. The van der Waals surface area contributed by atoms with Gasteiger partial charge in [-0.15, -0.1) is 0 Å². The van der Waals surface area contributed by atoms with E-state index in [1.54, 1.807) is 11.1 Å². The molecule has 0 aliphatic carbocycles. The Labute approximate surface area is 185 Å². The van der Waals surface area contributed by atoms with Crippen molar-refractivity contribution in [3.05, 3.63) is 90.3 Å². The minimum Gasteiger partial charge on any atom is -0.402 e. The molecule has 160 valence electrons. The number of carbonyl (C=O) groups is 2. The molecule has 1 fully saturated rings. The van der Waals surface area contributed by atoms with Crippen molar-refractivity contribution >= 4 is 34.4 Å². The summed E-state index contributed by atoms with van der Waals surface area (Å²) in [4.78, 5) is 33.1. The molecule has 2 aliphatic heterocycles. The number of esters is 1. The maximum Gasteiger partial charge on any atom is 0.365 e. The highest BCUT2D eigenvalue weighted by Gasteiger charge is 2.27. The number of para-hydroxylation sites is 1. The van der Waals surface area contributed by atoms with Crippen molar-refractivity contribution in [2.45, 2.75) is 0 Å². The second-order valence-corrected chi connectivity index (χ2v) is 7.67. The first kappa shape index (κ1) is 19.8. The number of rotatable bonds is 3. The predicted octanol–water partition coefficient (Wildman–Crippen LogP) is 3.83. The van der Waals surface area contributed by atoms with Crippen LogP contribution >= 0.6 is 0 Å². The minimum atomic E-state index is -0.461. The van der Waals surface area contributed by atoms with Crippen molar-refractivity contribution in [3.8, 4) is 0 Å². The molecule has 3 aromatic carbocycles. The Kier molecular flexibility index (Phi) is 5.29. The number of piperazine rings is 1. The lowest BCUT2D eigenvalue weighted by atomic mass is 10.0. The van der Waals surface area contributed by atoms with E-state index in [0.29, 0.717) is 32.1 Å². The maximum absolute atomic E-state index is 12.5. The Hall–Kier alpha value is -4.13. The summed E-state index contributed by atoms with van der Waals surface area (Å²) in [6, 6.07) is 23.0. The van der Waals surface area contributed by atoms with E-state index in [-0.39, 0.29) is 11.7 Å². The summed E-state index contributed by atoms with van der Waals surface area (Å²) in [6.07, 6.45) is 1.73. The van der Waals surface area contributed by atoms with Crippen LogP contribution in [0.4, 0.5) is 10.5 Å². The molecule has 7 heteroatoms. The Balaban J connectivity index is 1.26. The van der Waals surface area contributed by atoms with Crippen LogP contribution in [0, 0.1) is 0 Å². The van der Waals surface area contributed by atoms with Gasteiger partial charge in [0.15, 0.2) is 5.70 Å². The molecule has 2 amide bonds. The number of hydrogen-bond acceptors (Lipinski definition) is 5. The van der Waals surface area contributed by atoms with E-state index in [1.807, 2.05) is 77.7 Å². The van der Waals surface area contributed by atoms with Gasteiger partial charge in [-0.25, -0.2) is 14.6 Å². The van der Waals surface area contributed by atoms with E-state index in [1.165, 1.54) is 0 Å². The Morgan fingerprint density at radius 3 is 2.44 bits per heavy atom. The molecule has 1 N–H and O–H groups in total. The van der Waals surface area contributed by atoms with Crippen LogP contribution in [0.15, 0.2) is 89.7 Å². The van der Waals surface area contributed by atoms with Gasteiger partial charge >= 0.3 is 12.0 Å². The third kappa shape index (κ3) is 4.05. The van der Waals surface area contributed by atoms with Gasteiger partial charge in [0.05, 0.1) is 0 Å². The van der Waals surface area contributed by atoms with Crippen LogP contribution in [0.2, 0.25) is 0 Å². The van der Waals surface area contributed by atoms with Gasteiger partial charge in [-0.1, -0.05) is 54.6 Å². The zero-order valence-electron chi connectivity index (χ0n) is 17.4. The van der Waals surface area contributed by atoms with Crippen LogP contribution in [0.25, 0.3) is 10.8 Å². The summed E-state index contributed by atoms with van der Waals surface area (Å²) in [6.45, 7) is 2.32. The van der Waals surface area contributed by atoms with Crippen LogP contribution in [0.3, 0.4) is 0 Å². The summed E-state index contributed by atoms with van der Waals surface area (Å²) < 4.78 is 5.48. The van der Waals surface area contributed by atoms with E-state index in [4.69, 9.17) is 4.74 Å². The monoisotopic (exact) mass is 426 g/mol. The van der Waals surface area contributed by atoms with Gasteiger partial charge < -0.3 is 19.9 Å². The van der Waals surface area contributed by atoms with E-state index >= 15 is 0 Å². The largest absolute Gasteiger partial charge is 0.402 e. The zero-order chi connectivity index (χ0) is 21.9. The molecule has 0 radical (unpaired) electrons. The van der Waals surface area contributed by atoms with Gasteiger partial charge in [0.25, 0.3) is 0 Å². The summed E-state index contributed by atoms with van der Waals surface area (Å²) in [5.74, 6) is -0.142. The van der Waals surface area contributed by atoms with Gasteiger partial charge in [-0.05, 0) is 29.0 Å². The normalized spacial score (nSPS) is 17.4. The first-order valence-electron chi connectivity index (χ1n) is 10.5. The molecule has 0 atom stereocenters. The van der Waals surface area contributed by atoms with Gasteiger partial charge in [0.2, 0.25) is 5.90 Å². The Bertz CT molecular complexity index is 1220. The first-order chi connectivity index (χ1) is 15.7. The van der Waals surface area contributed by atoms with Gasteiger partial charge in [0, 0.05) is 43.6 Å². The van der Waals surface area contributed by atoms with E-state index < -0.39 is 5.97 Å². The van der Waals surface area contributed by atoms with Crippen molar-refractivity contribution in [3.63, 3.8) is 0 Å². The number of benzene rings is 3. The number of fused-ring (bicyclic) bond motifs is 1. The van der Waals surface area contributed by atoms with Gasteiger partial charge in [0.1, 0.15) is 0 Å². The van der Waals surface area contributed by atoms with Crippen molar-refractivity contribution in [2.75, 3.05) is 31.5 Å². The first-order valence-corrected chi connectivity index (χ1v) is 10.5. The Morgan fingerprint density at radius 2 is 1.62 bits per heavy atom. The summed E-state index contributed by atoms with van der Waals surface area (Å²) >= 11 is 0. The van der Waals surface area contributed by atoms with Crippen LogP contribution in [0.1, 0.15) is 5.56 Å². The summed E-state index contributed by atoms with van der Waals surface area (Å²) in [5.41, 5.74) is 1.84. The molecule has 7 nitrogen and oxygen atoms in total. The highest BCUT2D eigenvalue weighted by Crippen LogP contribution is 2.24. The molecular weight excluding hydrogens is 404 g/mol. The van der Waals surface area contributed by atoms with Crippen molar-refractivity contribution < 1.29 is 14.3 Å². The molecule has 0 unspecified atom stereocenters. The highest BCUT2D eigenvalue weighted by atomic mass is 16.6. The number of carbonyl (C=O) groups excluding carboxylic acids is 2. The molecule has 5 rings (SSSR count). The minimum absolute atomic E-state index is 0.125. The third-order valence-corrected chi connectivity index (χ3v) is 5.57. The van der Waals surface area contributed by atoms with E-state index in [9.17, 15) is 9.59 Å². The fraction of sp³-hybridized carbons (Fsp3) is 0.160. The average Bonchev–Trinajstić information content (AvgIpc) is 3.19. The maximum atomic E-state index is 12.5. The van der Waals surface area contributed by atoms with Gasteiger partial charge in [-0.2, -0.15) is 0 Å². The number of anilines is 1. The molecule has 2 aliphatic rings. The number of cyclic esters (lactones) is 1. The second-order valence-electron chi connectivity index (χ2n) is 7.67. The lowest BCUT2D eigenvalue weighted by molar-refractivity contribution is -0.130. The fourth-order valence-electron chi connectivity index (χ4n) is 3.88. The molecule has 0 aromatic heterocycles. The fourth-order valence-corrected chi connectivity index (χ4v) is 3.88. The standard InChI is InChI=1S/C25H22N4O3/c30-24-22(27-23(32-24)21-12-6-8-18-7-4-5-11-20(18)21)17-28-13-15-29(16-14-28)25(31)26-19-9-2-1-3-10-19/h1-12,17H,13-16H2,(H,26,31)/b22-17+. The number of amides is 2. The molecule has 0 bridgehead atoms. The SMILES string of the molecule is O=C1OC(c2cccc3ccccc23)=N/C1=C/N1CCN(C(=O)Nc2ccccc2)CC1. The lowest BCUT2D eigenvalue weighted by Gasteiger charge is -2.34. The zero-order valence-corrected chi connectivity index (χ0v) is 17.4. The molecule has 32 heavy (non-hydrogen) atoms. The van der Waals surface area contributed by atoms with Crippen molar-refractivity contribution in [2.24, 2.45) is 4.99 Å². The number of hydrogen-bond donors (Lipinski definition) is 1. The van der Waals surface area contributed by atoms with Crippen LogP contribution in [-0.2, 0) is 9.53 Å². The quantitative estimate of drug-likeness (QED) is 0.510. The summed E-state index contributed by atoms with van der Waals surface area (Å²) in [7, 11) is 0. The van der Waals surface area contributed by atoms with Crippen LogP contribution < -0.4 is 5.32 Å². The lowest BCUT2D eigenvalue weighted by Crippen LogP contribution is -2.48. The second kappa shape index (κ2) is 8.55. The van der Waals surface area contributed by atoms with Crippen molar-refractivity contribution in [1.82, 2.24) is 9.80 Å². The highest BCUT2D eigenvalue weighted by molar-refractivity contribution is 6.16. The summed E-state index contributed by atoms with van der Waals surface area (Å²) in [5, 5.41) is 4.95.